The highest BCUT2D eigenvalue weighted by Crippen LogP contribution is 2.20. The highest BCUT2D eigenvalue weighted by molar-refractivity contribution is 5.46. The molecule has 3 heterocycles. The van der Waals surface area contributed by atoms with Crippen LogP contribution < -0.4 is 5.32 Å². The molecule has 0 aliphatic carbocycles. The van der Waals surface area contributed by atoms with E-state index >= 15 is 0 Å². The first-order chi connectivity index (χ1) is 11.8. The van der Waals surface area contributed by atoms with Crippen molar-refractivity contribution in [3.63, 3.8) is 0 Å². The van der Waals surface area contributed by atoms with Crippen molar-refractivity contribution in [3.8, 4) is 0 Å². The molecular formula is C19H26N4O. The average Bonchev–Trinajstić information content (AvgIpc) is 2.64. The summed E-state index contributed by atoms with van der Waals surface area (Å²) in [6, 6.07) is 4.36. The smallest absolute Gasteiger partial charge is 0.129 e. The van der Waals surface area contributed by atoms with Crippen LogP contribution in [0.25, 0.3) is 0 Å². The van der Waals surface area contributed by atoms with E-state index in [0.717, 1.165) is 68.6 Å². The molecule has 2 aromatic rings. The van der Waals surface area contributed by atoms with Gasteiger partial charge in [-0.3, -0.25) is 0 Å². The Morgan fingerprint density at radius 3 is 2.83 bits per heavy atom. The van der Waals surface area contributed by atoms with Crippen molar-refractivity contribution in [2.45, 2.75) is 57.5 Å². The number of rotatable bonds is 8. The minimum Gasteiger partial charge on any atom is -0.393 e. The minimum atomic E-state index is -0.247. The largest absolute Gasteiger partial charge is 0.393 e. The number of nitrogens with one attached hydrogen (secondary N) is 1. The van der Waals surface area contributed by atoms with Crippen LogP contribution in [-0.4, -0.2) is 32.7 Å². The van der Waals surface area contributed by atoms with Crippen molar-refractivity contribution in [1.29, 1.82) is 0 Å². The minimum absolute atomic E-state index is 0.247. The van der Waals surface area contributed by atoms with Crippen molar-refractivity contribution >= 4 is 5.82 Å². The molecule has 1 aliphatic rings. The number of hydrogen-bond acceptors (Lipinski definition) is 5. The quantitative estimate of drug-likeness (QED) is 0.730. The van der Waals surface area contributed by atoms with E-state index in [2.05, 4.69) is 27.4 Å². The number of pyridine rings is 1. The molecule has 0 radical (unpaired) electrons. The first-order valence-corrected chi connectivity index (χ1v) is 8.96. The van der Waals surface area contributed by atoms with Gasteiger partial charge in [0.15, 0.2) is 0 Å². The van der Waals surface area contributed by atoms with Gasteiger partial charge in [-0.1, -0.05) is 12.5 Å². The second kappa shape index (κ2) is 8.73. The van der Waals surface area contributed by atoms with Gasteiger partial charge >= 0.3 is 0 Å². The first-order valence-electron chi connectivity index (χ1n) is 8.96. The predicted molar refractivity (Wildman–Crippen MR) is 95.0 cm³/mol. The molecule has 0 bridgehead atoms. The van der Waals surface area contributed by atoms with E-state index in [1.165, 1.54) is 18.3 Å². The van der Waals surface area contributed by atoms with Crippen LogP contribution >= 0.6 is 0 Å². The van der Waals surface area contributed by atoms with Gasteiger partial charge in [0.25, 0.3) is 0 Å². The molecule has 128 valence electrons. The van der Waals surface area contributed by atoms with Crippen molar-refractivity contribution < 1.29 is 5.11 Å². The highest BCUT2D eigenvalue weighted by Gasteiger charge is 2.10. The Morgan fingerprint density at radius 2 is 1.96 bits per heavy atom. The van der Waals surface area contributed by atoms with Gasteiger partial charge in [0.05, 0.1) is 6.10 Å². The van der Waals surface area contributed by atoms with Gasteiger partial charge in [0, 0.05) is 24.6 Å². The Balaban J connectivity index is 1.34. The zero-order valence-electron chi connectivity index (χ0n) is 14.1. The normalized spacial score (nSPS) is 14.7. The molecule has 3 rings (SSSR count). The summed E-state index contributed by atoms with van der Waals surface area (Å²) < 4.78 is 0. The Labute approximate surface area is 143 Å². The average molecular weight is 326 g/mol. The van der Waals surface area contributed by atoms with Crippen LogP contribution in [0.5, 0.6) is 0 Å². The summed E-state index contributed by atoms with van der Waals surface area (Å²) in [6.45, 7) is 1.03. The maximum atomic E-state index is 10.1. The summed E-state index contributed by atoms with van der Waals surface area (Å²) in [7, 11) is 0. The summed E-state index contributed by atoms with van der Waals surface area (Å²) in [5, 5.41) is 13.5. The SMILES string of the molecule is O[C@H](CCCCc1ccc2c(n1)NCCC2)CCc1cncnc1. The maximum Gasteiger partial charge on any atom is 0.129 e. The number of aliphatic hydroxyl groups excluding tert-OH is 1. The topological polar surface area (TPSA) is 70.9 Å². The second-order valence-corrected chi connectivity index (χ2v) is 6.53. The van der Waals surface area contributed by atoms with Gasteiger partial charge in [0.1, 0.15) is 12.1 Å². The number of aliphatic hydroxyl groups is 1. The van der Waals surface area contributed by atoms with Crippen LogP contribution in [0.4, 0.5) is 5.82 Å². The van der Waals surface area contributed by atoms with Crippen molar-refractivity contribution in [2.24, 2.45) is 0 Å². The lowest BCUT2D eigenvalue weighted by Gasteiger charge is -2.17. The van der Waals surface area contributed by atoms with Crippen LogP contribution in [0.2, 0.25) is 0 Å². The summed E-state index contributed by atoms with van der Waals surface area (Å²) in [4.78, 5) is 12.7. The number of aromatic nitrogens is 3. The number of hydrogen-bond donors (Lipinski definition) is 2. The molecule has 0 unspecified atom stereocenters. The van der Waals surface area contributed by atoms with Crippen LogP contribution in [0, 0.1) is 0 Å². The Hall–Kier alpha value is -2.01. The standard InChI is InChI=1S/C19H26N4O/c24-18(10-7-15-12-20-14-21-13-15)6-2-1-5-17-9-8-16-4-3-11-22-19(16)23-17/h8-9,12-14,18,24H,1-7,10-11H2,(H,22,23)/t18-/m1/s1. The fourth-order valence-electron chi connectivity index (χ4n) is 3.13. The van der Waals surface area contributed by atoms with Gasteiger partial charge < -0.3 is 10.4 Å². The molecule has 2 N–H and O–H groups in total. The molecule has 0 aromatic carbocycles. The van der Waals surface area contributed by atoms with E-state index in [1.807, 2.05) is 12.4 Å². The summed E-state index contributed by atoms with van der Waals surface area (Å²) in [5.41, 5.74) is 3.58. The predicted octanol–water partition coefficient (Wildman–Crippen LogP) is 2.94. The third kappa shape index (κ3) is 4.99. The summed E-state index contributed by atoms with van der Waals surface area (Å²) in [5.74, 6) is 1.07. The molecule has 1 atom stereocenters. The van der Waals surface area contributed by atoms with Crippen LogP contribution in [0.15, 0.2) is 30.9 Å². The first kappa shape index (κ1) is 16.8. The second-order valence-electron chi connectivity index (χ2n) is 6.53. The van der Waals surface area contributed by atoms with Crippen molar-refractivity contribution in [1.82, 2.24) is 15.0 Å². The zero-order chi connectivity index (χ0) is 16.6. The molecule has 0 saturated heterocycles. The van der Waals surface area contributed by atoms with E-state index < -0.39 is 0 Å². The summed E-state index contributed by atoms with van der Waals surface area (Å²) >= 11 is 0. The van der Waals surface area contributed by atoms with Crippen molar-refractivity contribution in [2.75, 3.05) is 11.9 Å². The Kier molecular flexibility index (Phi) is 6.13. The maximum absolute atomic E-state index is 10.1. The highest BCUT2D eigenvalue weighted by atomic mass is 16.3. The molecule has 0 amide bonds. The third-order valence-electron chi connectivity index (χ3n) is 4.55. The van der Waals surface area contributed by atoms with Gasteiger partial charge in [-0.25, -0.2) is 15.0 Å². The Morgan fingerprint density at radius 1 is 1.08 bits per heavy atom. The number of fused-ring (bicyclic) bond motifs is 1. The molecular weight excluding hydrogens is 300 g/mol. The van der Waals surface area contributed by atoms with Crippen LogP contribution in [0.3, 0.4) is 0 Å². The van der Waals surface area contributed by atoms with Crippen LogP contribution in [0.1, 0.15) is 48.9 Å². The number of aryl methyl sites for hydroxylation is 3. The number of unbranched alkanes of at least 4 members (excludes halogenated alkanes) is 1. The number of nitrogens with zero attached hydrogens (tertiary/aromatic N) is 3. The molecule has 5 heteroatoms. The van der Waals surface area contributed by atoms with Gasteiger partial charge in [-0.15, -0.1) is 0 Å². The molecule has 2 aromatic heterocycles. The lowest BCUT2D eigenvalue weighted by molar-refractivity contribution is 0.151. The van der Waals surface area contributed by atoms with E-state index in [-0.39, 0.29) is 6.10 Å². The molecule has 5 nitrogen and oxygen atoms in total. The van der Waals surface area contributed by atoms with E-state index in [1.54, 1.807) is 0 Å². The Bertz CT molecular complexity index is 633. The van der Waals surface area contributed by atoms with Gasteiger partial charge in [-0.05, 0) is 62.1 Å². The number of anilines is 1. The third-order valence-corrected chi connectivity index (χ3v) is 4.55. The van der Waals surface area contributed by atoms with Gasteiger partial charge in [-0.2, -0.15) is 0 Å². The van der Waals surface area contributed by atoms with E-state index in [0.29, 0.717) is 0 Å². The fourth-order valence-corrected chi connectivity index (χ4v) is 3.13. The molecule has 0 spiro atoms. The fraction of sp³-hybridized carbons (Fsp3) is 0.526. The lowest BCUT2D eigenvalue weighted by atomic mass is 10.0. The lowest BCUT2D eigenvalue weighted by Crippen LogP contribution is -2.14. The molecule has 1 aliphatic heterocycles. The van der Waals surface area contributed by atoms with Gasteiger partial charge in [0.2, 0.25) is 0 Å². The molecule has 0 saturated carbocycles. The molecule has 24 heavy (non-hydrogen) atoms. The van der Waals surface area contributed by atoms with Crippen molar-refractivity contribution in [3.05, 3.63) is 47.7 Å². The summed E-state index contributed by atoms with van der Waals surface area (Å²) in [6.07, 6.45) is 12.8. The van der Waals surface area contributed by atoms with E-state index in [9.17, 15) is 5.11 Å². The zero-order valence-corrected chi connectivity index (χ0v) is 14.1. The van der Waals surface area contributed by atoms with E-state index in [4.69, 9.17) is 4.98 Å². The molecule has 0 fully saturated rings. The van der Waals surface area contributed by atoms with Crippen LogP contribution in [-0.2, 0) is 19.3 Å². The monoisotopic (exact) mass is 326 g/mol.